The second kappa shape index (κ2) is 5.82. The molecule has 0 aliphatic rings. The Bertz CT molecular complexity index is 483. The van der Waals surface area contributed by atoms with Crippen LogP contribution in [0.15, 0.2) is 23.1 Å². The van der Waals surface area contributed by atoms with Gasteiger partial charge in [0.25, 0.3) is 0 Å². The first-order chi connectivity index (χ1) is 7.90. The van der Waals surface area contributed by atoms with E-state index in [-0.39, 0.29) is 11.5 Å². The quantitative estimate of drug-likeness (QED) is 0.861. The van der Waals surface area contributed by atoms with Crippen molar-refractivity contribution in [2.24, 2.45) is 0 Å². The van der Waals surface area contributed by atoms with E-state index in [1.807, 2.05) is 0 Å². The molecule has 0 aromatic heterocycles. The summed E-state index contributed by atoms with van der Waals surface area (Å²) in [5.41, 5.74) is 0.620. The van der Waals surface area contributed by atoms with Crippen LogP contribution in [-0.4, -0.2) is 26.2 Å². The summed E-state index contributed by atoms with van der Waals surface area (Å²) < 4.78 is 26.5. The molecule has 0 saturated carbocycles. The Morgan fingerprint density at radius 3 is 2.65 bits per heavy atom. The first-order valence-electron chi connectivity index (χ1n) is 5.30. The van der Waals surface area contributed by atoms with Crippen LogP contribution in [0.5, 0.6) is 0 Å². The summed E-state index contributed by atoms with van der Waals surface area (Å²) in [6.45, 7) is 3.27. The number of aryl methyl sites for hydroxylation is 1. The van der Waals surface area contributed by atoms with E-state index < -0.39 is 16.1 Å². The molecule has 4 nitrogen and oxygen atoms in total. The maximum absolute atomic E-state index is 12.1. The summed E-state index contributed by atoms with van der Waals surface area (Å²) in [7, 11) is -3.63. The summed E-state index contributed by atoms with van der Waals surface area (Å²) in [6, 6.07) is 4.22. The van der Waals surface area contributed by atoms with Gasteiger partial charge in [-0.15, -0.1) is 0 Å². The number of hydrogen-bond donors (Lipinski definition) is 2. The fraction of sp³-hybridized carbons (Fsp3) is 0.455. The molecule has 1 aromatic carbocycles. The van der Waals surface area contributed by atoms with E-state index in [1.165, 1.54) is 6.07 Å². The van der Waals surface area contributed by atoms with E-state index in [9.17, 15) is 8.42 Å². The number of nitrogens with one attached hydrogen (secondary N) is 1. The summed E-state index contributed by atoms with van der Waals surface area (Å²) in [6.07, 6.45) is 0.523. The van der Waals surface area contributed by atoms with Crippen molar-refractivity contribution in [3.63, 3.8) is 0 Å². The predicted octanol–water partition coefficient (Wildman–Crippen LogP) is 1.70. The highest BCUT2D eigenvalue weighted by Gasteiger charge is 2.20. The van der Waals surface area contributed by atoms with Gasteiger partial charge in [-0.1, -0.05) is 24.6 Å². The van der Waals surface area contributed by atoms with Gasteiger partial charge in [0, 0.05) is 11.1 Å². The van der Waals surface area contributed by atoms with Crippen LogP contribution in [-0.2, 0) is 10.0 Å². The number of rotatable bonds is 5. The molecule has 2 N–H and O–H groups in total. The largest absolute Gasteiger partial charge is 0.395 e. The third-order valence-electron chi connectivity index (χ3n) is 2.47. The van der Waals surface area contributed by atoms with Gasteiger partial charge in [0.2, 0.25) is 10.0 Å². The number of halogens is 1. The summed E-state index contributed by atoms with van der Waals surface area (Å²) >= 11 is 5.79. The van der Waals surface area contributed by atoms with Crippen LogP contribution in [0.3, 0.4) is 0 Å². The molecule has 1 atom stereocenters. The van der Waals surface area contributed by atoms with Crippen LogP contribution in [0.25, 0.3) is 0 Å². The van der Waals surface area contributed by atoms with E-state index >= 15 is 0 Å². The Labute approximate surface area is 107 Å². The molecule has 0 unspecified atom stereocenters. The molecule has 0 fully saturated rings. The molecular weight excluding hydrogens is 262 g/mol. The van der Waals surface area contributed by atoms with Gasteiger partial charge in [-0.2, -0.15) is 0 Å². The zero-order valence-corrected chi connectivity index (χ0v) is 11.3. The highest BCUT2D eigenvalue weighted by atomic mass is 35.5. The lowest BCUT2D eigenvalue weighted by Gasteiger charge is -2.15. The molecule has 0 heterocycles. The third-order valence-corrected chi connectivity index (χ3v) is 4.37. The average Bonchev–Trinajstić information content (AvgIpc) is 2.29. The van der Waals surface area contributed by atoms with Crippen molar-refractivity contribution in [2.75, 3.05) is 6.61 Å². The van der Waals surface area contributed by atoms with Crippen LogP contribution in [0.1, 0.15) is 18.9 Å². The molecule has 0 amide bonds. The second-order valence-electron chi connectivity index (χ2n) is 3.82. The average molecular weight is 278 g/mol. The van der Waals surface area contributed by atoms with E-state index in [4.69, 9.17) is 16.7 Å². The van der Waals surface area contributed by atoms with Gasteiger partial charge < -0.3 is 5.11 Å². The van der Waals surface area contributed by atoms with Crippen molar-refractivity contribution in [1.29, 1.82) is 0 Å². The molecule has 1 aromatic rings. The number of hydrogen-bond acceptors (Lipinski definition) is 3. The van der Waals surface area contributed by atoms with Gasteiger partial charge in [-0.05, 0) is 31.0 Å². The number of benzene rings is 1. The van der Waals surface area contributed by atoms with Crippen LogP contribution >= 0.6 is 11.6 Å². The molecule has 0 aliphatic carbocycles. The van der Waals surface area contributed by atoms with Gasteiger partial charge in [0.15, 0.2) is 0 Å². The lowest BCUT2D eigenvalue weighted by atomic mass is 10.2. The van der Waals surface area contributed by atoms with Crippen molar-refractivity contribution < 1.29 is 13.5 Å². The molecular formula is C11H16ClNO3S. The highest BCUT2D eigenvalue weighted by molar-refractivity contribution is 7.89. The zero-order chi connectivity index (χ0) is 13.1. The summed E-state index contributed by atoms with van der Waals surface area (Å²) in [5.74, 6) is 0. The van der Waals surface area contributed by atoms with Crippen molar-refractivity contribution in [3.8, 4) is 0 Å². The fourth-order valence-electron chi connectivity index (χ4n) is 1.40. The molecule has 17 heavy (non-hydrogen) atoms. The minimum atomic E-state index is -3.63. The first kappa shape index (κ1) is 14.4. The smallest absolute Gasteiger partial charge is 0.241 e. The Morgan fingerprint density at radius 2 is 2.12 bits per heavy atom. The Hall–Kier alpha value is -0.620. The molecule has 0 saturated heterocycles. The van der Waals surface area contributed by atoms with E-state index in [0.717, 1.165) is 0 Å². The van der Waals surface area contributed by atoms with E-state index in [2.05, 4.69) is 4.72 Å². The molecule has 0 aliphatic heterocycles. The van der Waals surface area contributed by atoms with Crippen molar-refractivity contribution in [2.45, 2.75) is 31.2 Å². The minimum absolute atomic E-state index is 0.150. The zero-order valence-electron chi connectivity index (χ0n) is 9.77. The van der Waals surface area contributed by atoms with E-state index in [1.54, 1.807) is 26.0 Å². The molecule has 96 valence electrons. The van der Waals surface area contributed by atoms with Crippen LogP contribution in [0, 0.1) is 6.92 Å². The molecule has 0 bridgehead atoms. The first-order valence-corrected chi connectivity index (χ1v) is 7.16. The molecule has 1 rings (SSSR count). The normalized spacial score (nSPS) is 13.6. The Morgan fingerprint density at radius 1 is 1.47 bits per heavy atom. The van der Waals surface area contributed by atoms with Crippen molar-refractivity contribution >= 4 is 21.6 Å². The Balaban J connectivity index is 3.09. The monoisotopic (exact) mass is 277 g/mol. The summed E-state index contributed by atoms with van der Waals surface area (Å²) in [4.78, 5) is 0.150. The maximum atomic E-state index is 12.1. The van der Waals surface area contributed by atoms with Gasteiger partial charge in [0.05, 0.1) is 11.5 Å². The van der Waals surface area contributed by atoms with Gasteiger partial charge in [-0.25, -0.2) is 13.1 Å². The number of aliphatic hydroxyl groups excluding tert-OH is 1. The second-order valence-corrected chi connectivity index (χ2v) is 5.94. The SMILES string of the molecule is CC[C@@H](CO)NS(=O)(=O)c1cc(Cl)ccc1C. The van der Waals surface area contributed by atoms with Crippen LogP contribution in [0.4, 0.5) is 0 Å². The van der Waals surface area contributed by atoms with E-state index in [0.29, 0.717) is 17.0 Å². The van der Waals surface area contributed by atoms with Crippen molar-refractivity contribution in [1.82, 2.24) is 4.72 Å². The lowest BCUT2D eigenvalue weighted by molar-refractivity contribution is 0.254. The maximum Gasteiger partial charge on any atom is 0.241 e. The van der Waals surface area contributed by atoms with Crippen molar-refractivity contribution in [3.05, 3.63) is 28.8 Å². The van der Waals surface area contributed by atoms with Crippen LogP contribution in [0.2, 0.25) is 5.02 Å². The standard InChI is InChI=1S/C11H16ClNO3S/c1-3-10(7-14)13-17(15,16)11-6-9(12)5-4-8(11)2/h4-6,10,13-14H,3,7H2,1-2H3/t10-/m0/s1. The van der Waals surface area contributed by atoms with Gasteiger partial charge >= 0.3 is 0 Å². The lowest BCUT2D eigenvalue weighted by Crippen LogP contribution is -2.37. The molecule has 0 radical (unpaired) electrons. The topological polar surface area (TPSA) is 66.4 Å². The number of aliphatic hydroxyl groups is 1. The third kappa shape index (κ3) is 3.67. The van der Waals surface area contributed by atoms with Gasteiger partial charge in [-0.3, -0.25) is 0 Å². The molecule has 0 spiro atoms. The Kier molecular flexibility index (Phi) is 4.94. The van der Waals surface area contributed by atoms with Crippen LogP contribution < -0.4 is 4.72 Å². The van der Waals surface area contributed by atoms with Gasteiger partial charge in [0.1, 0.15) is 0 Å². The number of sulfonamides is 1. The molecule has 6 heteroatoms. The predicted molar refractivity (Wildman–Crippen MR) is 67.7 cm³/mol. The minimum Gasteiger partial charge on any atom is -0.395 e. The summed E-state index contributed by atoms with van der Waals surface area (Å²) in [5, 5.41) is 9.38. The fourth-order valence-corrected chi connectivity index (χ4v) is 3.21. The highest BCUT2D eigenvalue weighted by Crippen LogP contribution is 2.20.